The highest BCUT2D eigenvalue weighted by molar-refractivity contribution is 5.46. The first-order valence-corrected chi connectivity index (χ1v) is 5.07. The minimum Gasteiger partial charge on any atom is -0.493 e. The van der Waals surface area contributed by atoms with Crippen LogP contribution in [0.15, 0.2) is 18.2 Å². The topological polar surface area (TPSA) is 38.7 Å². The summed E-state index contributed by atoms with van der Waals surface area (Å²) in [5, 5.41) is 9.23. The summed E-state index contributed by atoms with van der Waals surface area (Å²) in [4.78, 5) is 0. The van der Waals surface area contributed by atoms with Crippen molar-refractivity contribution in [1.82, 2.24) is 0 Å². The van der Waals surface area contributed by atoms with Gasteiger partial charge >= 0.3 is 0 Å². The molecule has 0 bridgehead atoms. The van der Waals surface area contributed by atoms with Gasteiger partial charge in [0, 0.05) is 0 Å². The van der Waals surface area contributed by atoms with Crippen molar-refractivity contribution >= 4 is 0 Å². The van der Waals surface area contributed by atoms with E-state index < -0.39 is 0 Å². The minimum absolute atomic E-state index is 0.291. The highest BCUT2D eigenvalue weighted by Crippen LogP contribution is 2.31. The molecular weight excluding hydrogens is 192 g/mol. The summed E-state index contributed by atoms with van der Waals surface area (Å²) in [5.41, 5.74) is 1.07. The molecule has 3 nitrogen and oxygen atoms in total. The monoisotopic (exact) mass is 210 g/mol. The average Bonchev–Trinajstić information content (AvgIpc) is 2.25. The predicted molar refractivity (Wildman–Crippen MR) is 59.5 cm³/mol. The molecule has 0 fully saturated rings. The second-order valence-corrected chi connectivity index (χ2v) is 3.54. The Morgan fingerprint density at radius 1 is 1.27 bits per heavy atom. The Labute approximate surface area is 90.6 Å². The van der Waals surface area contributed by atoms with Crippen molar-refractivity contribution in [3.05, 3.63) is 23.8 Å². The van der Waals surface area contributed by atoms with E-state index in [1.54, 1.807) is 21.1 Å². The maximum atomic E-state index is 9.23. The first-order chi connectivity index (χ1) is 7.19. The summed E-state index contributed by atoms with van der Waals surface area (Å²) in [5.74, 6) is 1.50. The van der Waals surface area contributed by atoms with Gasteiger partial charge in [0.25, 0.3) is 0 Å². The van der Waals surface area contributed by atoms with Crippen LogP contribution in [0.25, 0.3) is 0 Å². The van der Waals surface area contributed by atoms with Crippen molar-refractivity contribution in [3.63, 3.8) is 0 Å². The Kier molecular flexibility index (Phi) is 4.43. The van der Waals surface area contributed by atoms with Gasteiger partial charge in [-0.1, -0.05) is 12.1 Å². The number of hydrogen-bond donors (Lipinski definition) is 1. The SMILES string of the molecule is COc1cccc(CC[C@@H](C)O)c1OC. The molecule has 0 aliphatic heterocycles. The van der Waals surface area contributed by atoms with Gasteiger partial charge < -0.3 is 14.6 Å². The molecule has 0 saturated carbocycles. The number of ether oxygens (including phenoxy) is 2. The van der Waals surface area contributed by atoms with Crippen molar-refractivity contribution in [2.24, 2.45) is 0 Å². The lowest BCUT2D eigenvalue weighted by atomic mass is 10.1. The minimum atomic E-state index is -0.291. The normalized spacial score (nSPS) is 12.3. The fourth-order valence-electron chi connectivity index (χ4n) is 1.51. The van der Waals surface area contributed by atoms with Crippen LogP contribution in [0.1, 0.15) is 18.9 Å². The van der Waals surface area contributed by atoms with Gasteiger partial charge in [0.15, 0.2) is 11.5 Å². The highest BCUT2D eigenvalue weighted by Gasteiger charge is 2.09. The summed E-state index contributed by atoms with van der Waals surface area (Å²) >= 11 is 0. The molecule has 0 radical (unpaired) electrons. The number of rotatable bonds is 5. The summed E-state index contributed by atoms with van der Waals surface area (Å²) in [6.07, 6.45) is 1.22. The molecule has 0 aromatic heterocycles. The van der Waals surface area contributed by atoms with E-state index in [2.05, 4.69) is 0 Å². The maximum absolute atomic E-state index is 9.23. The standard InChI is InChI=1S/C12H18O3/c1-9(13)7-8-10-5-4-6-11(14-2)12(10)15-3/h4-6,9,13H,7-8H2,1-3H3/t9-/m1/s1. The maximum Gasteiger partial charge on any atom is 0.163 e. The second-order valence-electron chi connectivity index (χ2n) is 3.54. The number of hydrogen-bond acceptors (Lipinski definition) is 3. The predicted octanol–water partition coefficient (Wildman–Crippen LogP) is 2.02. The Morgan fingerprint density at radius 2 is 2.00 bits per heavy atom. The van der Waals surface area contributed by atoms with Crippen LogP contribution in [0.3, 0.4) is 0 Å². The number of benzene rings is 1. The van der Waals surface area contributed by atoms with Gasteiger partial charge in [-0.25, -0.2) is 0 Å². The lowest BCUT2D eigenvalue weighted by Gasteiger charge is -2.12. The molecule has 0 aliphatic rings. The van der Waals surface area contributed by atoms with Crippen molar-refractivity contribution in [1.29, 1.82) is 0 Å². The second kappa shape index (κ2) is 5.61. The van der Waals surface area contributed by atoms with Crippen LogP contribution in [0, 0.1) is 0 Å². The average molecular weight is 210 g/mol. The Bertz CT molecular complexity index is 308. The highest BCUT2D eigenvalue weighted by atomic mass is 16.5. The Morgan fingerprint density at radius 3 is 2.53 bits per heavy atom. The lowest BCUT2D eigenvalue weighted by Crippen LogP contribution is -2.03. The third-order valence-corrected chi connectivity index (χ3v) is 2.32. The van der Waals surface area contributed by atoms with Gasteiger partial charge in [0.2, 0.25) is 0 Å². The van der Waals surface area contributed by atoms with E-state index in [1.807, 2.05) is 18.2 Å². The fourth-order valence-corrected chi connectivity index (χ4v) is 1.51. The van der Waals surface area contributed by atoms with Crippen LogP contribution in [0.5, 0.6) is 11.5 Å². The van der Waals surface area contributed by atoms with Crippen LogP contribution in [-0.4, -0.2) is 25.4 Å². The molecule has 0 saturated heterocycles. The summed E-state index contributed by atoms with van der Waals surface area (Å²) < 4.78 is 10.5. The van der Waals surface area contributed by atoms with Gasteiger partial charge in [0.1, 0.15) is 0 Å². The Hall–Kier alpha value is -1.22. The molecule has 0 heterocycles. The Balaban J connectivity index is 2.86. The van der Waals surface area contributed by atoms with Gasteiger partial charge in [0.05, 0.1) is 20.3 Å². The van der Waals surface area contributed by atoms with E-state index in [-0.39, 0.29) is 6.10 Å². The van der Waals surface area contributed by atoms with Gasteiger partial charge in [-0.3, -0.25) is 0 Å². The molecule has 1 aromatic rings. The zero-order valence-electron chi connectivity index (χ0n) is 9.49. The lowest BCUT2D eigenvalue weighted by molar-refractivity contribution is 0.184. The number of methoxy groups -OCH3 is 2. The number of aliphatic hydroxyl groups is 1. The van der Waals surface area contributed by atoms with E-state index in [4.69, 9.17) is 9.47 Å². The molecule has 3 heteroatoms. The van der Waals surface area contributed by atoms with Gasteiger partial charge in [-0.05, 0) is 31.4 Å². The van der Waals surface area contributed by atoms with E-state index in [0.717, 1.165) is 29.9 Å². The van der Waals surface area contributed by atoms with E-state index in [0.29, 0.717) is 0 Å². The largest absolute Gasteiger partial charge is 0.493 e. The molecule has 1 aromatic carbocycles. The molecule has 84 valence electrons. The van der Waals surface area contributed by atoms with Gasteiger partial charge in [-0.15, -0.1) is 0 Å². The molecule has 1 rings (SSSR count). The zero-order chi connectivity index (χ0) is 11.3. The molecule has 15 heavy (non-hydrogen) atoms. The number of para-hydroxylation sites is 1. The molecule has 0 unspecified atom stereocenters. The van der Waals surface area contributed by atoms with Crippen molar-refractivity contribution in [2.45, 2.75) is 25.9 Å². The smallest absolute Gasteiger partial charge is 0.163 e. The van der Waals surface area contributed by atoms with Crippen LogP contribution in [0.2, 0.25) is 0 Å². The zero-order valence-corrected chi connectivity index (χ0v) is 9.49. The quantitative estimate of drug-likeness (QED) is 0.808. The number of aryl methyl sites for hydroxylation is 1. The van der Waals surface area contributed by atoms with Crippen molar-refractivity contribution < 1.29 is 14.6 Å². The molecule has 0 spiro atoms. The van der Waals surface area contributed by atoms with E-state index in [1.165, 1.54) is 0 Å². The first-order valence-electron chi connectivity index (χ1n) is 5.07. The van der Waals surface area contributed by atoms with Crippen molar-refractivity contribution in [2.75, 3.05) is 14.2 Å². The third kappa shape index (κ3) is 3.13. The van der Waals surface area contributed by atoms with Crippen molar-refractivity contribution in [3.8, 4) is 11.5 Å². The first kappa shape index (κ1) is 11.9. The molecule has 1 atom stereocenters. The van der Waals surface area contributed by atoms with Crippen LogP contribution in [0.4, 0.5) is 0 Å². The van der Waals surface area contributed by atoms with E-state index >= 15 is 0 Å². The molecular formula is C12H18O3. The number of aliphatic hydroxyl groups excluding tert-OH is 1. The van der Waals surface area contributed by atoms with Gasteiger partial charge in [-0.2, -0.15) is 0 Å². The molecule has 0 amide bonds. The third-order valence-electron chi connectivity index (χ3n) is 2.32. The van der Waals surface area contributed by atoms with E-state index in [9.17, 15) is 5.11 Å². The van der Waals surface area contributed by atoms with Crippen LogP contribution >= 0.6 is 0 Å². The van der Waals surface area contributed by atoms with Crippen LogP contribution < -0.4 is 9.47 Å². The fraction of sp³-hybridized carbons (Fsp3) is 0.500. The summed E-state index contributed by atoms with van der Waals surface area (Å²) in [6, 6.07) is 5.78. The summed E-state index contributed by atoms with van der Waals surface area (Å²) in [6.45, 7) is 1.78. The summed E-state index contributed by atoms with van der Waals surface area (Å²) in [7, 11) is 3.25. The molecule has 0 aliphatic carbocycles. The van der Waals surface area contributed by atoms with Crippen LogP contribution in [-0.2, 0) is 6.42 Å². The molecule has 1 N–H and O–H groups in total.